The van der Waals surface area contributed by atoms with Gasteiger partial charge in [0.05, 0.1) is 0 Å². The van der Waals surface area contributed by atoms with E-state index in [1.54, 1.807) is 4.90 Å². The monoisotopic (exact) mass is 251 g/mol. The van der Waals surface area contributed by atoms with Gasteiger partial charge in [0.25, 0.3) is 0 Å². The minimum Gasteiger partial charge on any atom is -0.315 e. The first-order chi connectivity index (χ1) is 7.90. The molecule has 0 N–H and O–H groups in total. The highest BCUT2D eigenvalue weighted by atomic mass is 32.1. The molecule has 0 unspecified atom stereocenters. The largest absolute Gasteiger partial charge is 0.315 e. The fraction of sp³-hybridized carbons (Fsp3) is 0.500. The highest BCUT2D eigenvalue weighted by Gasteiger charge is 2.16. The topological polar surface area (TPSA) is 20.3 Å². The van der Waals surface area contributed by atoms with Crippen LogP contribution in [0.1, 0.15) is 28.7 Å². The molecule has 0 heterocycles. The van der Waals surface area contributed by atoms with E-state index in [1.165, 1.54) is 22.3 Å². The molecule has 0 aromatic heterocycles. The number of amides is 1. The molecule has 17 heavy (non-hydrogen) atoms. The number of thiol groups is 1. The molecule has 2 nitrogen and oxygen atoms in total. The molecule has 1 amide bonds. The fourth-order valence-electron chi connectivity index (χ4n) is 2.09. The summed E-state index contributed by atoms with van der Waals surface area (Å²) in [7, 11) is 1.85. The zero-order valence-electron chi connectivity index (χ0n) is 11.3. The Bertz CT molecular complexity index is 414. The van der Waals surface area contributed by atoms with Crippen molar-refractivity contribution in [2.75, 3.05) is 17.7 Å². The van der Waals surface area contributed by atoms with Crippen LogP contribution in [-0.2, 0) is 4.79 Å². The van der Waals surface area contributed by atoms with E-state index in [4.69, 9.17) is 0 Å². The Balaban J connectivity index is 3.25. The molecule has 0 saturated heterocycles. The highest BCUT2D eigenvalue weighted by molar-refractivity contribution is 7.80. The van der Waals surface area contributed by atoms with Crippen LogP contribution < -0.4 is 4.90 Å². The van der Waals surface area contributed by atoms with Crippen LogP contribution in [0.15, 0.2) is 6.07 Å². The van der Waals surface area contributed by atoms with Gasteiger partial charge in [-0.05, 0) is 55.7 Å². The van der Waals surface area contributed by atoms with Crippen molar-refractivity contribution in [2.45, 2.75) is 34.1 Å². The van der Waals surface area contributed by atoms with Crippen LogP contribution in [0.2, 0.25) is 0 Å². The quantitative estimate of drug-likeness (QED) is 0.818. The first-order valence-corrected chi connectivity index (χ1v) is 6.48. The number of carbonyl (C=O) groups excluding carboxylic acids is 1. The summed E-state index contributed by atoms with van der Waals surface area (Å²) in [4.78, 5) is 13.7. The fourth-order valence-corrected chi connectivity index (χ4v) is 2.28. The average molecular weight is 251 g/mol. The lowest BCUT2D eigenvalue weighted by Crippen LogP contribution is -2.28. The van der Waals surface area contributed by atoms with Gasteiger partial charge in [0.2, 0.25) is 5.91 Å². The Morgan fingerprint density at radius 2 is 1.65 bits per heavy atom. The minimum absolute atomic E-state index is 0.121. The Kier molecular flexibility index (Phi) is 4.63. The molecular formula is C14H21NOS. The lowest BCUT2D eigenvalue weighted by atomic mass is 9.98. The lowest BCUT2D eigenvalue weighted by molar-refractivity contribution is -0.117. The second kappa shape index (κ2) is 5.58. The average Bonchev–Trinajstić information content (AvgIpc) is 2.27. The van der Waals surface area contributed by atoms with Crippen LogP contribution >= 0.6 is 12.6 Å². The number of benzene rings is 1. The first kappa shape index (κ1) is 14.1. The van der Waals surface area contributed by atoms with Gasteiger partial charge in [-0.1, -0.05) is 6.07 Å². The Labute approximate surface area is 109 Å². The molecular weight excluding hydrogens is 230 g/mol. The molecule has 0 saturated carbocycles. The summed E-state index contributed by atoms with van der Waals surface area (Å²) in [6.07, 6.45) is 0.478. The predicted molar refractivity (Wildman–Crippen MR) is 77.3 cm³/mol. The van der Waals surface area contributed by atoms with Gasteiger partial charge in [-0.3, -0.25) is 4.79 Å². The normalized spacial score (nSPS) is 10.5. The molecule has 0 aliphatic heterocycles. The number of anilines is 1. The molecule has 1 aromatic carbocycles. The van der Waals surface area contributed by atoms with Crippen molar-refractivity contribution in [3.8, 4) is 0 Å². The van der Waals surface area contributed by atoms with E-state index < -0.39 is 0 Å². The van der Waals surface area contributed by atoms with Gasteiger partial charge in [0, 0.05) is 19.2 Å². The van der Waals surface area contributed by atoms with Crippen LogP contribution in [0, 0.1) is 27.7 Å². The van der Waals surface area contributed by atoms with E-state index in [2.05, 4.69) is 46.4 Å². The van der Waals surface area contributed by atoms with E-state index in [1.807, 2.05) is 7.05 Å². The van der Waals surface area contributed by atoms with E-state index in [0.717, 1.165) is 5.69 Å². The third kappa shape index (κ3) is 2.83. The SMILES string of the molecule is Cc1cc(C)c(C)c(N(C)C(=O)CCS)c1C. The molecule has 1 rings (SSSR count). The van der Waals surface area contributed by atoms with Gasteiger partial charge in [0.1, 0.15) is 0 Å². The van der Waals surface area contributed by atoms with E-state index in [-0.39, 0.29) is 5.91 Å². The molecule has 0 aliphatic rings. The zero-order chi connectivity index (χ0) is 13.2. The maximum absolute atomic E-state index is 11.9. The predicted octanol–water partition coefficient (Wildman–Crippen LogP) is 3.20. The molecule has 0 aliphatic carbocycles. The van der Waals surface area contributed by atoms with Crippen LogP contribution in [-0.4, -0.2) is 18.7 Å². The Hall–Kier alpha value is -0.960. The van der Waals surface area contributed by atoms with Crippen molar-refractivity contribution in [2.24, 2.45) is 0 Å². The molecule has 1 aromatic rings. The number of nitrogens with zero attached hydrogens (tertiary/aromatic N) is 1. The lowest BCUT2D eigenvalue weighted by Gasteiger charge is -2.24. The van der Waals surface area contributed by atoms with Crippen molar-refractivity contribution < 1.29 is 4.79 Å². The van der Waals surface area contributed by atoms with E-state index >= 15 is 0 Å². The van der Waals surface area contributed by atoms with Crippen LogP contribution in [0.4, 0.5) is 5.69 Å². The second-order valence-corrected chi connectivity index (χ2v) is 4.98. The molecule has 3 heteroatoms. The third-order valence-corrected chi connectivity index (χ3v) is 3.59. The Morgan fingerprint density at radius 1 is 1.18 bits per heavy atom. The molecule has 0 atom stereocenters. The summed E-state index contributed by atoms with van der Waals surface area (Å²) in [5.41, 5.74) is 5.88. The molecule has 0 bridgehead atoms. The van der Waals surface area contributed by atoms with Crippen molar-refractivity contribution in [3.05, 3.63) is 28.3 Å². The zero-order valence-corrected chi connectivity index (χ0v) is 12.2. The van der Waals surface area contributed by atoms with Crippen molar-refractivity contribution in [1.82, 2.24) is 0 Å². The van der Waals surface area contributed by atoms with Gasteiger partial charge in [0.15, 0.2) is 0 Å². The van der Waals surface area contributed by atoms with Gasteiger partial charge in [-0.2, -0.15) is 12.6 Å². The van der Waals surface area contributed by atoms with E-state index in [0.29, 0.717) is 12.2 Å². The molecule has 0 fully saturated rings. The maximum atomic E-state index is 11.9. The van der Waals surface area contributed by atoms with Gasteiger partial charge in [-0.25, -0.2) is 0 Å². The molecule has 0 spiro atoms. The van der Waals surface area contributed by atoms with Crippen LogP contribution in [0.5, 0.6) is 0 Å². The van der Waals surface area contributed by atoms with Crippen LogP contribution in [0.25, 0.3) is 0 Å². The molecule has 0 radical (unpaired) electrons. The van der Waals surface area contributed by atoms with Crippen LogP contribution in [0.3, 0.4) is 0 Å². The van der Waals surface area contributed by atoms with Crippen molar-refractivity contribution >= 4 is 24.2 Å². The summed E-state index contributed by atoms with van der Waals surface area (Å²) in [5, 5.41) is 0. The van der Waals surface area contributed by atoms with Gasteiger partial charge >= 0.3 is 0 Å². The number of aryl methyl sites for hydroxylation is 2. The van der Waals surface area contributed by atoms with Gasteiger partial charge in [-0.15, -0.1) is 0 Å². The smallest absolute Gasteiger partial charge is 0.227 e. The van der Waals surface area contributed by atoms with Crippen molar-refractivity contribution in [3.63, 3.8) is 0 Å². The maximum Gasteiger partial charge on any atom is 0.227 e. The third-order valence-electron chi connectivity index (χ3n) is 3.36. The number of carbonyl (C=O) groups is 1. The van der Waals surface area contributed by atoms with E-state index in [9.17, 15) is 4.79 Å². The summed E-state index contributed by atoms with van der Waals surface area (Å²) in [6, 6.07) is 2.17. The standard InChI is InChI=1S/C14H21NOS/c1-9-8-10(2)12(4)14(11(9)3)15(5)13(16)6-7-17/h8,17H,6-7H2,1-5H3. The Morgan fingerprint density at radius 3 is 2.06 bits per heavy atom. The number of hydrogen-bond donors (Lipinski definition) is 1. The summed E-state index contributed by atoms with van der Waals surface area (Å²) >= 11 is 4.11. The highest BCUT2D eigenvalue weighted by Crippen LogP contribution is 2.29. The second-order valence-electron chi connectivity index (χ2n) is 4.54. The molecule has 94 valence electrons. The summed E-state index contributed by atoms with van der Waals surface area (Å²) in [6.45, 7) is 8.31. The van der Waals surface area contributed by atoms with Gasteiger partial charge < -0.3 is 4.90 Å². The minimum atomic E-state index is 0.121. The summed E-state index contributed by atoms with van der Waals surface area (Å²) in [5.74, 6) is 0.711. The summed E-state index contributed by atoms with van der Waals surface area (Å²) < 4.78 is 0. The first-order valence-electron chi connectivity index (χ1n) is 5.85. The number of rotatable bonds is 3. The van der Waals surface area contributed by atoms with Crippen molar-refractivity contribution in [1.29, 1.82) is 0 Å². The number of hydrogen-bond acceptors (Lipinski definition) is 2.